The standard InChI is InChI=1S/C9H10N2O5S2/c12-8(7-10-6(5-17-7)9(13)14)11-1-3-18(15,16)4-2-11/h5H,1-4H2,(H,13,14). The molecule has 9 heteroatoms. The van der Waals surface area contributed by atoms with Gasteiger partial charge in [-0.15, -0.1) is 11.3 Å². The Morgan fingerprint density at radius 2 is 1.94 bits per heavy atom. The largest absolute Gasteiger partial charge is 0.476 e. The van der Waals surface area contributed by atoms with Crippen LogP contribution in [0.2, 0.25) is 0 Å². The lowest BCUT2D eigenvalue weighted by atomic mass is 10.4. The van der Waals surface area contributed by atoms with Crippen molar-refractivity contribution in [2.24, 2.45) is 0 Å². The lowest BCUT2D eigenvalue weighted by Crippen LogP contribution is -2.43. The van der Waals surface area contributed by atoms with Crippen LogP contribution in [-0.4, -0.2) is 59.9 Å². The third-order valence-electron chi connectivity index (χ3n) is 2.54. The minimum absolute atomic E-state index is 0.0596. The molecule has 1 amide bonds. The number of nitrogens with zero attached hydrogens (tertiary/aromatic N) is 2. The van der Waals surface area contributed by atoms with Gasteiger partial charge in [-0.1, -0.05) is 0 Å². The summed E-state index contributed by atoms with van der Waals surface area (Å²) >= 11 is 0.947. The summed E-state index contributed by atoms with van der Waals surface area (Å²) in [7, 11) is -3.04. The van der Waals surface area contributed by atoms with Crippen LogP contribution in [0.15, 0.2) is 5.38 Å². The van der Waals surface area contributed by atoms with E-state index in [1.165, 1.54) is 10.3 Å². The summed E-state index contributed by atoms with van der Waals surface area (Å²) in [6.45, 7) is 0.256. The van der Waals surface area contributed by atoms with Crippen LogP contribution in [0.25, 0.3) is 0 Å². The Morgan fingerprint density at radius 1 is 1.33 bits per heavy atom. The molecule has 0 bridgehead atoms. The van der Waals surface area contributed by atoms with Gasteiger partial charge in [-0.05, 0) is 0 Å². The van der Waals surface area contributed by atoms with Gasteiger partial charge < -0.3 is 10.0 Å². The number of carbonyl (C=O) groups is 2. The molecule has 2 heterocycles. The van der Waals surface area contributed by atoms with E-state index in [1.807, 2.05) is 0 Å². The molecular formula is C9H10N2O5S2. The van der Waals surface area contributed by atoms with E-state index in [9.17, 15) is 18.0 Å². The predicted molar refractivity (Wildman–Crippen MR) is 63.6 cm³/mol. The first-order valence-corrected chi connectivity index (χ1v) is 7.78. The fourth-order valence-corrected chi connectivity index (χ4v) is 3.48. The highest BCUT2D eigenvalue weighted by atomic mass is 32.2. The van der Waals surface area contributed by atoms with Crippen molar-refractivity contribution in [3.8, 4) is 0 Å². The van der Waals surface area contributed by atoms with Gasteiger partial charge in [-0.3, -0.25) is 4.79 Å². The molecule has 18 heavy (non-hydrogen) atoms. The zero-order valence-electron chi connectivity index (χ0n) is 9.20. The van der Waals surface area contributed by atoms with Crippen molar-refractivity contribution in [3.63, 3.8) is 0 Å². The molecule has 0 aliphatic carbocycles. The van der Waals surface area contributed by atoms with Gasteiger partial charge in [0.2, 0.25) is 0 Å². The SMILES string of the molecule is O=C(O)c1csc(C(=O)N2CCS(=O)(=O)CC2)n1. The maximum Gasteiger partial charge on any atom is 0.355 e. The van der Waals surface area contributed by atoms with E-state index in [0.29, 0.717) is 0 Å². The average molecular weight is 290 g/mol. The molecule has 2 rings (SSSR count). The Morgan fingerprint density at radius 3 is 2.44 bits per heavy atom. The molecule has 0 radical (unpaired) electrons. The van der Waals surface area contributed by atoms with Crippen molar-refractivity contribution in [1.82, 2.24) is 9.88 Å². The minimum Gasteiger partial charge on any atom is -0.476 e. The lowest BCUT2D eigenvalue weighted by molar-refractivity contribution is 0.0691. The molecule has 0 unspecified atom stereocenters. The van der Waals surface area contributed by atoms with Gasteiger partial charge in [0.15, 0.2) is 20.5 Å². The van der Waals surface area contributed by atoms with E-state index in [2.05, 4.69) is 4.98 Å². The summed E-state index contributed by atoms with van der Waals surface area (Å²) < 4.78 is 22.4. The fraction of sp³-hybridized carbons (Fsp3) is 0.444. The lowest BCUT2D eigenvalue weighted by Gasteiger charge is -2.25. The average Bonchev–Trinajstić information content (AvgIpc) is 2.77. The number of carbonyl (C=O) groups excluding carboxylic acids is 1. The molecule has 1 fully saturated rings. The number of sulfone groups is 1. The smallest absolute Gasteiger partial charge is 0.355 e. The number of hydrogen-bond donors (Lipinski definition) is 1. The molecule has 0 saturated carbocycles. The molecule has 1 aliphatic heterocycles. The van der Waals surface area contributed by atoms with Gasteiger partial charge in [0.05, 0.1) is 11.5 Å². The molecule has 1 N–H and O–H groups in total. The highest BCUT2D eigenvalue weighted by Crippen LogP contribution is 2.14. The second-order valence-corrected chi connectivity index (χ2v) is 6.95. The molecule has 0 aromatic carbocycles. The summed E-state index contributed by atoms with van der Waals surface area (Å²) in [5, 5.41) is 10.1. The Hall–Kier alpha value is -1.48. The van der Waals surface area contributed by atoms with Gasteiger partial charge in [0, 0.05) is 18.5 Å². The van der Waals surface area contributed by atoms with E-state index in [-0.39, 0.29) is 35.3 Å². The zero-order valence-corrected chi connectivity index (χ0v) is 10.8. The van der Waals surface area contributed by atoms with Gasteiger partial charge >= 0.3 is 5.97 Å². The van der Waals surface area contributed by atoms with Crippen molar-refractivity contribution in [3.05, 3.63) is 16.1 Å². The van der Waals surface area contributed by atoms with Gasteiger partial charge in [0.25, 0.3) is 5.91 Å². The molecule has 1 aromatic heterocycles. The van der Waals surface area contributed by atoms with Crippen LogP contribution in [-0.2, 0) is 9.84 Å². The van der Waals surface area contributed by atoms with Crippen LogP contribution in [0.5, 0.6) is 0 Å². The van der Waals surface area contributed by atoms with E-state index < -0.39 is 21.7 Å². The normalized spacial score (nSPS) is 18.6. The van der Waals surface area contributed by atoms with Gasteiger partial charge in [-0.25, -0.2) is 18.2 Å². The van der Waals surface area contributed by atoms with Crippen LogP contribution >= 0.6 is 11.3 Å². The van der Waals surface area contributed by atoms with Crippen molar-refractivity contribution in [2.75, 3.05) is 24.6 Å². The number of hydrogen-bond acceptors (Lipinski definition) is 6. The first kappa shape index (κ1) is 13.0. The maximum atomic E-state index is 11.9. The number of amides is 1. The molecule has 1 saturated heterocycles. The fourth-order valence-electron chi connectivity index (χ4n) is 1.52. The van der Waals surface area contributed by atoms with Crippen molar-refractivity contribution >= 4 is 33.1 Å². The third kappa shape index (κ3) is 2.67. The summed E-state index contributed by atoms with van der Waals surface area (Å²) in [6.07, 6.45) is 0. The van der Waals surface area contributed by atoms with Crippen molar-refractivity contribution in [2.45, 2.75) is 0 Å². The second-order valence-electron chi connectivity index (χ2n) is 3.79. The molecule has 1 aliphatic rings. The predicted octanol–water partition coefficient (Wildman–Crippen LogP) is -0.288. The quantitative estimate of drug-likeness (QED) is 0.802. The molecule has 98 valence electrons. The van der Waals surface area contributed by atoms with Gasteiger partial charge in [0.1, 0.15) is 0 Å². The summed E-state index contributed by atoms with van der Waals surface area (Å²) in [6, 6.07) is 0. The number of carboxylic acid groups (broad SMARTS) is 1. The number of thiazole rings is 1. The van der Waals surface area contributed by atoms with Gasteiger partial charge in [-0.2, -0.15) is 0 Å². The van der Waals surface area contributed by atoms with E-state index >= 15 is 0 Å². The van der Waals surface area contributed by atoms with E-state index in [4.69, 9.17) is 5.11 Å². The number of aromatic carboxylic acids is 1. The first-order valence-electron chi connectivity index (χ1n) is 5.07. The Bertz CT molecular complexity index is 578. The summed E-state index contributed by atoms with van der Waals surface area (Å²) in [5.74, 6) is -1.72. The number of carboxylic acids is 1. The van der Waals surface area contributed by atoms with Crippen LogP contribution < -0.4 is 0 Å². The molecule has 0 spiro atoms. The molecular weight excluding hydrogens is 280 g/mol. The summed E-state index contributed by atoms with van der Waals surface area (Å²) in [4.78, 5) is 27.7. The Balaban J connectivity index is 2.10. The van der Waals surface area contributed by atoms with Crippen LogP contribution in [0.1, 0.15) is 20.3 Å². The summed E-state index contributed by atoms with van der Waals surface area (Å²) in [5.41, 5.74) is -0.173. The van der Waals surface area contributed by atoms with Crippen molar-refractivity contribution < 1.29 is 23.1 Å². The van der Waals surface area contributed by atoms with Crippen LogP contribution in [0.4, 0.5) is 0 Å². The zero-order chi connectivity index (χ0) is 13.3. The topological polar surface area (TPSA) is 105 Å². The molecule has 7 nitrogen and oxygen atoms in total. The minimum atomic E-state index is -3.04. The number of rotatable bonds is 2. The van der Waals surface area contributed by atoms with E-state index in [0.717, 1.165) is 11.3 Å². The molecule has 0 atom stereocenters. The van der Waals surface area contributed by atoms with Crippen LogP contribution in [0, 0.1) is 0 Å². The second kappa shape index (κ2) is 4.65. The monoisotopic (exact) mass is 290 g/mol. The first-order chi connectivity index (χ1) is 8.39. The highest BCUT2D eigenvalue weighted by Gasteiger charge is 2.27. The highest BCUT2D eigenvalue weighted by molar-refractivity contribution is 7.91. The van der Waals surface area contributed by atoms with Crippen LogP contribution in [0.3, 0.4) is 0 Å². The Labute approximate surface area is 107 Å². The number of aromatic nitrogens is 1. The molecule has 1 aromatic rings. The van der Waals surface area contributed by atoms with Crippen molar-refractivity contribution in [1.29, 1.82) is 0 Å². The Kier molecular flexibility index (Phi) is 3.35. The third-order valence-corrected chi connectivity index (χ3v) is 4.98. The maximum absolute atomic E-state index is 11.9. The van der Waals surface area contributed by atoms with E-state index in [1.54, 1.807) is 0 Å².